The predicted molar refractivity (Wildman–Crippen MR) is 57.9 cm³/mol. The Labute approximate surface area is 94.7 Å². The molecule has 0 radical (unpaired) electrons. The molecule has 0 spiro atoms. The molecule has 0 aliphatic carbocycles. The second-order valence-corrected chi connectivity index (χ2v) is 4.13. The molecule has 2 rings (SSSR count). The highest BCUT2D eigenvalue weighted by Crippen LogP contribution is 2.16. The molecular formula is C11H18N2O3. The summed E-state index contributed by atoms with van der Waals surface area (Å²) in [6.45, 7) is 1.55. The van der Waals surface area contributed by atoms with Crippen LogP contribution in [-0.4, -0.2) is 39.3 Å². The Morgan fingerprint density at radius 1 is 1.62 bits per heavy atom. The lowest BCUT2D eigenvalue weighted by molar-refractivity contribution is 0.0926. The normalized spacial score (nSPS) is 22.5. The third-order valence-corrected chi connectivity index (χ3v) is 2.82. The largest absolute Gasteiger partial charge is 0.396 e. The zero-order chi connectivity index (χ0) is 11.4. The van der Waals surface area contributed by atoms with Gasteiger partial charge in [-0.05, 0) is 18.9 Å². The average Bonchev–Trinajstić information content (AvgIpc) is 2.90. The summed E-state index contributed by atoms with van der Waals surface area (Å²) in [5.41, 5.74) is 0.618. The zero-order valence-electron chi connectivity index (χ0n) is 9.25. The maximum atomic E-state index is 9.63. The third kappa shape index (κ3) is 2.81. The standard InChI is InChI=1S/C11H18N2O3/c14-6-4-11(15)10-3-5-13(12-10)8-9-2-1-7-16-9/h3,5,9,11,14-15H,1-2,4,6-8H2/t9-,11+/m1/s1. The lowest BCUT2D eigenvalue weighted by Crippen LogP contribution is -2.15. The smallest absolute Gasteiger partial charge is 0.1000 e. The van der Waals surface area contributed by atoms with Gasteiger partial charge in [-0.1, -0.05) is 0 Å². The molecule has 2 heterocycles. The summed E-state index contributed by atoms with van der Waals surface area (Å²) < 4.78 is 7.31. The van der Waals surface area contributed by atoms with Gasteiger partial charge in [0.25, 0.3) is 0 Å². The van der Waals surface area contributed by atoms with Crippen LogP contribution in [-0.2, 0) is 11.3 Å². The van der Waals surface area contributed by atoms with Crippen molar-refractivity contribution in [3.63, 3.8) is 0 Å². The molecule has 2 atom stereocenters. The van der Waals surface area contributed by atoms with Crippen LogP contribution in [0.4, 0.5) is 0 Å². The van der Waals surface area contributed by atoms with Crippen molar-refractivity contribution in [2.75, 3.05) is 13.2 Å². The van der Waals surface area contributed by atoms with Gasteiger partial charge in [-0.2, -0.15) is 5.10 Å². The summed E-state index contributed by atoms with van der Waals surface area (Å²) in [4.78, 5) is 0. The Bertz CT molecular complexity index is 321. The van der Waals surface area contributed by atoms with Gasteiger partial charge in [0.05, 0.1) is 24.4 Å². The third-order valence-electron chi connectivity index (χ3n) is 2.82. The second kappa shape index (κ2) is 5.43. The van der Waals surface area contributed by atoms with E-state index in [2.05, 4.69) is 5.10 Å². The molecule has 1 aliphatic rings. The van der Waals surface area contributed by atoms with Crippen molar-refractivity contribution in [2.24, 2.45) is 0 Å². The summed E-state index contributed by atoms with van der Waals surface area (Å²) in [5.74, 6) is 0. The van der Waals surface area contributed by atoms with Gasteiger partial charge in [0.2, 0.25) is 0 Å². The van der Waals surface area contributed by atoms with Crippen molar-refractivity contribution in [3.05, 3.63) is 18.0 Å². The van der Waals surface area contributed by atoms with Crippen LogP contribution in [0.15, 0.2) is 12.3 Å². The summed E-state index contributed by atoms with van der Waals surface area (Å²) in [7, 11) is 0. The van der Waals surface area contributed by atoms with Crippen molar-refractivity contribution in [3.8, 4) is 0 Å². The number of aliphatic hydroxyl groups excluding tert-OH is 2. The highest BCUT2D eigenvalue weighted by molar-refractivity contribution is 5.02. The summed E-state index contributed by atoms with van der Waals surface area (Å²) >= 11 is 0. The first-order valence-corrected chi connectivity index (χ1v) is 5.73. The molecule has 1 aromatic rings. The molecule has 1 aliphatic heterocycles. The van der Waals surface area contributed by atoms with Gasteiger partial charge in [0.15, 0.2) is 0 Å². The molecule has 1 aromatic heterocycles. The Morgan fingerprint density at radius 2 is 2.50 bits per heavy atom. The number of hydrogen-bond acceptors (Lipinski definition) is 4. The number of aliphatic hydroxyl groups is 2. The fourth-order valence-electron chi connectivity index (χ4n) is 1.92. The molecule has 5 heteroatoms. The topological polar surface area (TPSA) is 67.5 Å². The molecule has 90 valence electrons. The fourth-order valence-corrected chi connectivity index (χ4v) is 1.92. The minimum absolute atomic E-state index is 0.0280. The van der Waals surface area contributed by atoms with E-state index in [1.54, 1.807) is 10.7 Å². The van der Waals surface area contributed by atoms with Crippen molar-refractivity contribution >= 4 is 0 Å². The number of rotatable bonds is 5. The summed E-state index contributed by atoms with van der Waals surface area (Å²) in [5, 5.41) is 22.6. The summed E-state index contributed by atoms with van der Waals surface area (Å²) in [6.07, 6.45) is 3.95. The van der Waals surface area contributed by atoms with Crippen LogP contribution in [0.25, 0.3) is 0 Å². The number of nitrogens with zero attached hydrogens (tertiary/aromatic N) is 2. The van der Waals surface area contributed by atoms with Crippen LogP contribution in [0.1, 0.15) is 31.1 Å². The number of ether oxygens (including phenoxy) is 1. The van der Waals surface area contributed by atoms with Gasteiger partial charge in [0, 0.05) is 25.8 Å². The SMILES string of the molecule is OCC[C@H](O)c1ccn(C[C@H]2CCCO2)n1. The first-order valence-electron chi connectivity index (χ1n) is 5.73. The van der Waals surface area contributed by atoms with Crippen molar-refractivity contribution < 1.29 is 14.9 Å². The zero-order valence-corrected chi connectivity index (χ0v) is 9.25. The Balaban J connectivity index is 1.90. The van der Waals surface area contributed by atoms with Crippen LogP contribution in [0.5, 0.6) is 0 Å². The van der Waals surface area contributed by atoms with E-state index in [-0.39, 0.29) is 12.7 Å². The Hall–Kier alpha value is -0.910. The van der Waals surface area contributed by atoms with Crippen molar-refractivity contribution in [2.45, 2.75) is 38.0 Å². The van der Waals surface area contributed by atoms with Crippen molar-refractivity contribution in [1.82, 2.24) is 9.78 Å². The van der Waals surface area contributed by atoms with Crippen LogP contribution in [0.3, 0.4) is 0 Å². The fraction of sp³-hybridized carbons (Fsp3) is 0.727. The Kier molecular flexibility index (Phi) is 3.93. The van der Waals surface area contributed by atoms with Gasteiger partial charge in [-0.15, -0.1) is 0 Å². The van der Waals surface area contributed by atoms with Gasteiger partial charge < -0.3 is 14.9 Å². The van der Waals surface area contributed by atoms with Crippen LogP contribution in [0.2, 0.25) is 0 Å². The van der Waals surface area contributed by atoms with Crippen molar-refractivity contribution in [1.29, 1.82) is 0 Å². The van der Waals surface area contributed by atoms with E-state index in [0.717, 1.165) is 26.0 Å². The average molecular weight is 226 g/mol. The van der Waals surface area contributed by atoms with Gasteiger partial charge in [-0.3, -0.25) is 4.68 Å². The molecule has 5 nitrogen and oxygen atoms in total. The van der Waals surface area contributed by atoms with E-state index >= 15 is 0 Å². The highest BCUT2D eigenvalue weighted by atomic mass is 16.5. The molecule has 1 fully saturated rings. The molecule has 0 saturated carbocycles. The number of hydrogen-bond donors (Lipinski definition) is 2. The first kappa shape index (κ1) is 11.6. The van der Waals surface area contributed by atoms with E-state index in [4.69, 9.17) is 9.84 Å². The predicted octanol–water partition coefficient (Wildman–Crippen LogP) is 0.478. The lowest BCUT2D eigenvalue weighted by atomic mass is 10.2. The van der Waals surface area contributed by atoms with E-state index in [1.165, 1.54) is 0 Å². The monoisotopic (exact) mass is 226 g/mol. The van der Waals surface area contributed by atoms with Gasteiger partial charge >= 0.3 is 0 Å². The molecule has 16 heavy (non-hydrogen) atoms. The van der Waals surface area contributed by atoms with E-state index < -0.39 is 6.10 Å². The van der Waals surface area contributed by atoms with Crippen LogP contribution >= 0.6 is 0 Å². The second-order valence-electron chi connectivity index (χ2n) is 4.13. The molecule has 0 unspecified atom stereocenters. The minimum atomic E-state index is -0.671. The minimum Gasteiger partial charge on any atom is -0.396 e. The van der Waals surface area contributed by atoms with E-state index in [1.807, 2.05) is 6.20 Å². The van der Waals surface area contributed by atoms with Gasteiger partial charge in [0.1, 0.15) is 0 Å². The molecular weight excluding hydrogens is 208 g/mol. The molecule has 0 aromatic carbocycles. The van der Waals surface area contributed by atoms with Crippen LogP contribution < -0.4 is 0 Å². The maximum absolute atomic E-state index is 9.63. The summed E-state index contributed by atoms with van der Waals surface area (Å²) in [6, 6.07) is 1.79. The molecule has 2 N–H and O–H groups in total. The quantitative estimate of drug-likeness (QED) is 0.766. The first-order chi connectivity index (χ1) is 7.79. The van der Waals surface area contributed by atoms with Crippen LogP contribution in [0, 0.1) is 0 Å². The Morgan fingerprint density at radius 3 is 3.19 bits per heavy atom. The number of aromatic nitrogens is 2. The lowest BCUT2D eigenvalue weighted by Gasteiger charge is -2.09. The highest BCUT2D eigenvalue weighted by Gasteiger charge is 2.17. The molecule has 0 bridgehead atoms. The van der Waals surface area contributed by atoms with Gasteiger partial charge in [-0.25, -0.2) is 0 Å². The van der Waals surface area contributed by atoms with E-state index in [0.29, 0.717) is 12.1 Å². The maximum Gasteiger partial charge on any atom is 0.1000 e. The van der Waals surface area contributed by atoms with E-state index in [9.17, 15) is 5.11 Å². The molecule has 0 amide bonds. The molecule has 1 saturated heterocycles.